The molecule has 0 saturated carbocycles. The predicted molar refractivity (Wildman–Crippen MR) is 152 cm³/mol. The second-order valence-electron chi connectivity index (χ2n) is 10.2. The standard InChI is InChI=1S/C28H33N5O3S2/c1-7-12-33-25(17-8-11-21(35-5)22(13-17)36-6)31-32-27(33)37-16-24(34)30-26-20(15-29)19-10-9-18(28(2,3)4)14-23(19)38-26/h7-8,11,13,18H,1,9-10,12,14,16H2,2-6H3,(H,30,34). The van der Waals surface area contributed by atoms with Crippen molar-refractivity contribution in [3.63, 3.8) is 0 Å². The number of hydrogen-bond acceptors (Lipinski definition) is 8. The largest absolute Gasteiger partial charge is 0.493 e. The van der Waals surface area contributed by atoms with Crippen molar-refractivity contribution in [1.82, 2.24) is 14.8 Å². The molecule has 2 aromatic heterocycles. The molecule has 0 radical (unpaired) electrons. The molecule has 8 nitrogen and oxygen atoms in total. The van der Waals surface area contributed by atoms with E-state index in [2.05, 4.69) is 48.9 Å². The number of thioether (sulfide) groups is 1. The molecule has 38 heavy (non-hydrogen) atoms. The third kappa shape index (κ3) is 5.74. The summed E-state index contributed by atoms with van der Waals surface area (Å²) in [6.45, 7) is 11.1. The summed E-state index contributed by atoms with van der Waals surface area (Å²) in [4.78, 5) is 14.2. The van der Waals surface area contributed by atoms with Crippen LogP contribution in [0.1, 0.15) is 43.2 Å². The van der Waals surface area contributed by atoms with Gasteiger partial charge in [-0.15, -0.1) is 28.1 Å². The highest BCUT2D eigenvalue weighted by Gasteiger charge is 2.32. The molecule has 1 aromatic carbocycles. The minimum Gasteiger partial charge on any atom is -0.493 e. The first kappa shape index (κ1) is 27.7. The zero-order valence-electron chi connectivity index (χ0n) is 22.5. The first-order valence-electron chi connectivity index (χ1n) is 12.4. The van der Waals surface area contributed by atoms with Gasteiger partial charge in [-0.1, -0.05) is 38.6 Å². The van der Waals surface area contributed by atoms with Crippen LogP contribution in [0, 0.1) is 22.7 Å². The molecular weight excluding hydrogens is 518 g/mol. The van der Waals surface area contributed by atoms with Crippen molar-refractivity contribution in [1.29, 1.82) is 5.26 Å². The molecule has 200 valence electrons. The number of allylic oxidation sites excluding steroid dienone is 1. The molecule has 4 rings (SSSR count). The van der Waals surface area contributed by atoms with Crippen molar-refractivity contribution >= 4 is 34.0 Å². The molecule has 0 spiro atoms. The molecule has 0 fully saturated rings. The number of anilines is 1. The van der Waals surface area contributed by atoms with Crippen LogP contribution in [0.25, 0.3) is 11.4 Å². The quantitative estimate of drug-likeness (QED) is 0.258. The van der Waals surface area contributed by atoms with Crippen LogP contribution in [0.15, 0.2) is 36.0 Å². The van der Waals surface area contributed by atoms with Crippen molar-refractivity contribution in [2.45, 2.75) is 51.7 Å². The van der Waals surface area contributed by atoms with Gasteiger partial charge in [-0.05, 0) is 54.4 Å². The second kappa shape index (κ2) is 11.6. The Morgan fingerprint density at radius 1 is 1.32 bits per heavy atom. The van der Waals surface area contributed by atoms with E-state index in [1.54, 1.807) is 31.6 Å². The average molecular weight is 552 g/mol. The third-order valence-electron chi connectivity index (χ3n) is 6.86. The van der Waals surface area contributed by atoms with Crippen molar-refractivity contribution in [3.8, 4) is 29.0 Å². The van der Waals surface area contributed by atoms with Gasteiger partial charge in [0, 0.05) is 17.0 Å². The van der Waals surface area contributed by atoms with Crippen LogP contribution in [-0.4, -0.2) is 40.6 Å². The summed E-state index contributed by atoms with van der Waals surface area (Å²) < 4.78 is 12.7. The zero-order valence-corrected chi connectivity index (χ0v) is 24.1. The molecule has 1 atom stereocenters. The summed E-state index contributed by atoms with van der Waals surface area (Å²) in [5, 5.41) is 22.8. The minimum absolute atomic E-state index is 0.138. The third-order valence-corrected chi connectivity index (χ3v) is 8.99. The minimum atomic E-state index is -0.182. The van der Waals surface area contributed by atoms with Gasteiger partial charge in [-0.2, -0.15) is 5.26 Å². The lowest BCUT2D eigenvalue weighted by atomic mass is 9.72. The fourth-order valence-corrected chi connectivity index (χ4v) is 6.74. The number of ether oxygens (including phenoxy) is 2. The summed E-state index contributed by atoms with van der Waals surface area (Å²) in [5.74, 6) is 2.37. The molecule has 10 heteroatoms. The number of benzene rings is 1. The van der Waals surface area contributed by atoms with E-state index in [1.165, 1.54) is 16.6 Å². The van der Waals surface area contributed by atoms with Crippen LogP contribution in [0.4, 0.5) is 5.00 Å². The smallest absolute Gasteiger partial charge is 0.235 e. The number of nitriles is 1. The summed E-state index contributed by atoms with van der Waals surface area (Å²) in [5.41, 5.74) is 2.74. The van der Waals surface area contributed by atoms with E-state index in [4.69, 9.17) is 9.47 Å². The molecular formula is C28H33N5O3S2. The number of nitrogens with zero attached hydrogens (tertiary/aromatic N) is 4. The van der Waals surface area contributed by atoms with E-state index in [9.17, 15) is 10.1 Å². The first-order chi connectivity index (χ1) is 18.2. The number of amides is 1. The average Bonchev–Trinajstić information content (AvgIpc) is 3.46. The number of fused-ring (bicyclic) bond motifs is 1. The summed E-state index contributed by atoms with van der Waals surface area (Å²) in [6, 6.07) is 7.88. The first-order valence-corrected chi connectivity index (χ1v) is 14.2. The highest BCUT2D eigenvalue weighted by atomic mass is 32.2. The Morgan fingerprint density at radius 2 is 2.08 bits per heavy atom. The SMILES string of the molecule is C=CCn1c(SCC(=O)Nc2sc3c(c2C#N)CCC(C(C)(C)C)C3)nnc1-c1ccc(OC)c(OC)c1. The fraction of sp³-hybridized carbons (Fsp3) is 0.429. The van der Waals surface area contributed by atoms with Gasteiger partial charge < -0.3 is 14.8 Å². The Kier molecular flexibility index (Phi) is 8.48. The molecule has 1 aliphatic rings. The molecule has 1 amide bonds. The monoisotopic (exact) mass is 551 g/mol. The summed E-state index contributed by atoms with van der Waals surface area (Å²) in [7, 11) is 3.17. The Bertz CT molecular complexity index is 1380. The number of carbonyl (C=O) groups is 1. The van der Waals surface area contributed by atoms with E-state index < -0.39 is 0 Å². The van der Waals surface area contributed by atoms with E-state index in [1.807, 2.05) is 22.8 Å². The predicted octanol–water partition coefficient (Wildman–Crippen LogP) is 5.96. The Balaban J connectivity index is 1.49. The van der Waals surface area contributed by atoms with Crippen LogP contribution in [-0.2, 0) is 24.2 Å². The number of carbonyl (C=O) groups excluding carboxylic acids is 1. The Hall–Kier alpha value is -3.29. The lowest BCUT2D eigenvalue weighted by Gasteiger charge is -2.33. The topological polar surface area (TPSA) is 102 Å². The van der Waals surface area contributed by atoms with Crippen LogP contribution in [0.3, 0.4) is 0 Å². The van der Waals surface area contributed by atoms with E-state index in [0.717, 1.165) is 30.4 Å². The highest BCUT2D eigenvalue weighted by Crippen LogP contribution is 2.44. The van der Waals surface area contributed by atoms with Crippen LogP contribution >= 0.6 is 23.1 Å². The number of nitrogens with one attached hydrogen (secondary N) is 1. The maximum atomic E-state index is 12.9. The lowest BCUT2D eigenvalue weighted by molar-refractivity contribution is -0.113. The number of thiophene rings is 1. The maximum absolute atomic E-state index is 12.9. The number of aromatic nitrogens is 3. The molecule has 1 N–H and O–H groups in total. The van der Waals surface area contributed by atoms with Crippen molar-refractivity contribution in [3.05, 3.63) is 46.9 Å². The van der Waals surface area contributed by atoms with E-state index in [0.29, 0.717) is 45.5 Å². The maximum Gasteiger partial charge on any atom is 0.235 e. The normalized spacial score (nSPS) is 14.9. The number of hydrogen-bond donors (Lipinski definition) is 1. The lowest BCUT2D eigenvalue weighted by Crippen LogP contribution is -2.26. The van der Waals surface area contributed by atoms with Crippen LogP contribution in [0.2, 0.25) is 0 Å². The van der Waals surface area contributed by atoms with Gasteiger partial charge in [-0.3, -0.25) is 9.36 Å². The number of rotatable bonds is 9. The zero-order chi connectivity index (χ0) is 27.4. The fourth-order valence-electron chi connectivity index (χ4n) is 4.70. The van der Waals surface area contributed by atoms with E-state index >= 15 is 0 Å². The van der Waals surface area contributed by atoms with Crippen molar-refractivity contribution < 1.29 is 14.3 Å². The van der Waals surface area contributed by atoms with Crippen LogP contribution in [0.5, 0.6) is 11.5 Å². The molecule has 1 unspecified atom stereocenters. The van der Waals surface area contributed by atoms with Gasteiger partial charge in [-0.25, -0.2) is 0 Å². The Morgan fingerprint density at radius 3 is 2.74 bits per heavy atom. The summed E-state index contributed by atoms with van der Waals surface area (Å²) in [6.07, 6.45) is 4.65. The molecule has 0 bridgehead atoms. The van der Waals surface area contributed by atoms with Crippen molar-refractivity contribution in [2.75, 3.05) is 25.3 Å². The molecule has 0 saturated heterocycles. The van der Waals surface area contributed by atoms with Gasteiger partial charge in [0.25, 0.3) is 0 Å². The van der Waals surface area contributed by atoms with Gasteiger partial charge in [0.2, 0.25) is 5.91 Å². The highest BCUT2D eigenvalue weighted by molar-refractivity contribution is 7.99. The van der Waals surface area contributed by atoms with Crippen LogP contribution < -0.4 is 14.8 Å². The molecule has 2 heterocycles. The van der Waals surface area contributed by atoms with E-state index in [-0.39, 0.29) is 17.1 Å². The molecule has 1 aliphatic carbocycles. The molecule has 0 aliphatic heterocycles. The van der Waals surface area contributed by atoms with Gasteiger partial charge in [0.15, 0.2) is 22.5 Å². The van der Waals surface area contributed by atoms with Gasteiger partial charge in [0.05, 0.1) is 25.5 Å². The van der Waals surface area contributed by atoms with Gasteiger partial charge >= 0.3 is 0 Å². The molecule has 3 aromatic rings. The van der Waals surface area contributed by atoms with Gasteiger partial charge in [0.1, 0.15) is 11.1 Å². The number of methoxy groups -OCH3 is 2. The Labute approximate surface area is 232 Å². The van der Waals surface area contributed by atoms with Crippen molar-refractivity contribution in [2.24, 2.45) is 11.3 Å². The second-order valence-corrected chi connectivity index (χ2v) is 12.3. The summed E-state index contributed by atoms with van der Waals surface area (Å²) >= 11 is 2.84.